The lowest BCUT2D eigenvalue weighted by Gasteiger charge is -2.13. The molecule has 1 unspecified atom stereocenters. The van der Waals surface area contributed by atoms with Crippen LogP contribution in [0.1, 0.15) is 46.0 Å². The lowest BCUT2D eigenvalue weighted by molar-refractivity contribution is -0.139. The van der Waals surface area contributed by atoms with Crippen molar-refractivity contribution in [2.75, 3.05) is 324 Å². The number of nitrogens with zero attached hydrogens (tertiary/aromatic N) is 1. The van der Waals surface area contributed by atoms with Gasteiger partial charge in [-0.2, -0.15) is 0 Å². The predicted octanol–water partition coefficient (Wildman–Crippen LogP) is 1.50. The van der Waals surface area contributed by atoms with Crippen LogP contribution in [-0.2, 0) is 133 Å². The molecule has 29 heteroatoms. The van der Waals surface area contributed by atoms with Gasteiger partial charge in [0.2, 0.25) is 11.8 Å². The first-order valence-corrected chi connectivity index (χ1v) is 32.1. The highest BCUT2D eigenvalue weighted by atomic mass is 16.6. The van der Waals surface area contributed by atoms with E-state index in [1.165, 1.54) is 4.90 Å². The van der Waals surface area contributed by atoms with E-state index in [1.807, 2.05) is 0 Å². The van der Waals surface area contributed by atoms with Gasteiger partial charge in [-0.1, -0.05) is 6.92 Å². The van der Waals surface area contributed by atoms with Crippen LogP contribution in [0.4, 0.5) is 0 Å². The van der Waals surface area contributed by atoms with Crippen LogP contribution in [0.2, 0.25) is 0 Å². The van der Waals surface area contributed by atoms with Crippen molar-refractivity contribution in [1.29, 1.82) is 0 Å². The van der Waals surface area contributed by atoms with Gasteiger partial charge in [-0.05, 0) is 13.3 Å². The number of likely N-dealkylation sites (tertiary alicyclic amines) is 1. The van der Waals surface area contributed by atoms with Crippen molar-refractivity contribution >= 4 is 23.4 Å². The first kappa shape index (κ1) is 85.5. The SMILES string of the molecule is CC(=O)CCOCCOCCOCCOCCOCCOCCOCCOCCOCCOCCOCCOCCOCCOCCOCCOCCOCCOCCOCCOCCOCCOCCOCCOCCCC(=O)CCN1C(=O)CC(C)C1=O. The molecule has 2 amide bonds. The van der Waals surface area contributed by atoms with E-state index in [4.69, 9.17) is 114 Å². The Morgan fingerprint density at radius 3 is 0.622 bits per heavy atom. The average molecular weight is 1310 g/mol. The Hall–Kier alpha value is -2.48. The Morgan fingerprint density at radius 1 is 0.278 bits per heavy atom. The monoisotopic (exact) mass is 1310 g/mol. The Balaban J connectivity index is 1.60. The minimum absolute atomic E-state index is 0.0158. The maximum Gasteiger partial charge on any atom is 0.232 e. The molecule has 0 aliphatic carbocycles. The van der Waals surface area contributed by atoms with Crippen molar-refractivity contribution in [3.63, 3.8) is 0 Å². The molecule has 1 saturated heterocycles. The Labute approximate surface area is 535 Å². The first-order chi connectivity index (χ1) is 44.4. The van der Waals surface area contributed by atoms with Gasteiger partial charge in [0.25, 0.3) is 0 Å². The highest BCUT2D eigenvalue weighted by Crippen LogP contribution is 2.19. The van der Waals surface area contributed by atoms with Crippen LogP contribution in [0.5, 0.6) is 0 Å². The molecule has 0 N–H and O–H groups in total. The molecule has 0 bridgehead atoms. The van der Waals surface area contributed by atoms with Gasteiger partial charge < -0.3 is 114 Å². The van der Waals surface area contributed by atoms with E-state index in [1.54, 1.807) is 13.8 Å². The number of hydrogen-bond donors (Lipinski definition) is 0. The highest BCUT2D eigenvalue weighted by molar-refractivity contribution is 6.03. The standard InChI is InChI=1S/C61H115NO28/c1-57-56-60(65)62(61(57)66)7-5-59(64)4-3-8-67-10-12-69-14-16-71-18-20-73-22-24-75-26-28-77-30-32-79-34-36-81-38-40-83-42-44-85-46-48-87-50-52-89-54-55-90-53-51-88-49-47-86-45-43-84-41-39-82-37-35-80-33-31-78-29-27-76-25-23-74-21-19-72-17-15-70-13-11-68-9-6-58(2)63/h57H,3-56H2,1-2H3. The van der Waals surface area contributed by atoms with E-state index >= 15 is 0 Å². The minimum Gasteiger partial charge on any atom is -0.379 e. The fraction of sp³-hybridized carbons (Fsp3) is 0.934. The van der Waals surface area contributed by atoms with Gasteiger partial charge in [-0.15, -0.1) is 0 Å². The fourth-order valence-electron chi connectivity index (χ4n) is 7.19. The number of ketones is 2. The van der Waals surface area contributed by atoms with E-state index in [0.717, 1.165) is 0 Å². The zero-order valence-electron chi connectivity index (χ0n) is 54.6. The topological polar surface area (TPSA) is 293 Å². The van der Waals surface area contributed by atoms with Gasteiger partial charge in [0, 0.05) is 44.8 Å². The van der Waals surface area contributed by atoms with E-state index in [-0.39, 0.29) is 48.7 Å². The Morgan fingerprint density at radius 2 is 0.456 bits per heavy atom. The summed E-state index contributed by atoms with van der Waals surface area (Å²) in [5, 5.41) is 0. The normalized spacial score (nSPS) is 13.5. The zero-order valence-corrected chi connectivity index (χ0v) is 54.6. The quantitative estimate of drug-likeness (QED) is 0.0616. The second-order valence-corrected chi connectivity index (χ2v) is 19.5. The predicted molar refractivity (Wildman–Crippen MR) is 324 cm³/mol. The first-order valence-electron chi connectivity index (χ1n) is 32.1. The Bertz CT molecular complexity index is 1530. The lowest BCUT2D eigenvalue weighted by Crippen LogP contribution is -2.32. The van der Waals surface area contributed by atoms with Crippen molar-refractivity contribution in [3.8, 4) is 0 Å². The van der Waals surface area contributed by atoms with Gasteiger partial charge in [0.1, 0.15) is 11.6 Å². The zero-order chi connectivity index (χ0) is 64.6. The summed E-state index contributed by atoms with van der Waals surface area (Å²) < 4.78 is 132. The number of imide groups is 1. The molecule has 0 radical (unpaired) electrons. The van der Waals surface area contributed by atoms with E-state index in [0.29, 0.717) is 336 Å². The van der Waals surface area contributed by atoms with E-state index < -0.39 is 0 Å². The molecule has 0 spiro atoms. The number of amides is 2. The molecule has 1 atom stereocenters. The summed E-state index contributed by atoms with van der Waals surface area (Å²) >= 11 is 0. The molecular weight excluding hydrogens is 1190 g/mol. The van der Waals surface area contributed by atoms with Gasteiger partial charge in [0.05, 0.1) is 311 Å². The molecule has 1 fully saturated rings. The van der Waals surface area contributed by atoms with Crippen LogP contribution in [0.15, 0.2) is 0 Å². The summed E-state index contributed by atoms with van der Waals surface area (Å²) in [4.78, 5) is 47.8. The van der Waals surface area contributed by atoms with E-state index in [2.05, 4.69) is 0 Å². The molecule has 1 heterocycles. The van der Waals surface area contributed by atoms with E-state index in [9.17, 15) is 19.2 Å². The summed E-state index contributed by atoms with van der Waals surface area (Å²) in [5.41, 5.74) is 0. The van der Waals surface area contributed by atoms with Crippen molar-refractivity contribution in [2.24, 2.45) is 5.92 Å². The summed E-state index contributed by atoms with van der Waals surface area (Å²) in [5.74, 6) is -0.541. The van der Waals surface area contributed by atoms with Crippen molar-refractivity contribution in [1.82, 2.24) is 4.90 Å². The molecule has 0 aromatic carbocycles. The smallest absolute Gasteiger partial charge is 0.232 e. The highest BCUT2D eigenvalue weighted by Gasteiger charge is 2.35. The van der Waals surface area contributed by atoms with Crippen LogP contribution in [0.25, 0.3) is 0 Å². The third-order valence-electron chi connectivity index (χ3n) is 12.0. The van der Waals surface area contributed by atoms with Crippen LogP contribution >= 0.6 is 0 Å². The lowest BCUT2D eigenvalue weighted by atomic mass is 10.1. The molecule has 90 heavy (non-hydrogen) atoms. The maximum absolute atomic E-state index is 12.1. The van der Waals surface area contributed by atoms with Gasteiger partial charge in [-0.3, -0.25) is 24.1 Å². The number of carbonyl (C=O) groups excluding carboxylic acids is 4. The molecule has 1 rings (SSSR count). The van der Waals surface area contributed by atoms with Gasteiger partial charge >= 0.3 is 0 Å². The summed E-state index contributed by atoms with van der Waals surface area (Å²) in [6.07, 6.45) is 1.79. The molecular formula is C61H115NO28. The fourth-order valence-corrected chi connectivity index (χ4v) is 7.19. The molecule has 1 aliphatic rings. The van der Waals surface area contributed by atoms with Gasteiger partial charge in [0.15, 0.2) is 0 Å². The molecule has 0 saturated carbocycles. The van der Waals surface area contributed by atoms with Crippen LogP contribution < -0.4 is 0 Å². The molecule has 1 aliphatic heterocycles. The van der Waals surface area contributed by atoms with Gasteiger partial charge in [-0.25, -0.2) is 0 Å². The third kappa shape index (κ3) is 65.6. The summed E-state index contributed by atoms with van der Waals surface area (Å²) in [6.45, 7) is 26.0. The summed E-state index contributed by atoms with van der Waals surface area (Å²) in [7, 11) is 0. The minimum atomic E-state index is -0.289. The van der Waals surface area contributed by atoms with Crippen molar-refractivity contribution < 1.29 is 133 Å². The average Bonchev–Trinajstić information content (AvgIpc) is 2.79. The van der Waals surface area contributed by atoms with Crippen molar-refractivity contribution in [3.05, 3.63) is 0 Å². The molecule has 532 valence electrons. The number of hydrogen-bond acceptors (Lipinski definition) is 28. The second-order valence-electron chi connectivity index (χ2n) is 19.5. The summed E-state index contributed by atoms with van der Waals surface area (Å²) in [6, 6.07) is 0. The molecule has 29 nitrogen and oxygen atoms in total. The van der Waals surface area contributed by atoms with Crippen LogP contribution in [0.3, 0.4) is 0 Å². The number of ether oxygens (including phenoxy) is 24. The maximum atomic E-state index is 12.1. The molecule has 0 aromatic heterocycles. The van der Waals surface area contributed by atoms with Crippen molar-refractivity contribution in [2.45, 2.75) is 46.0 Å². The van der Waals surface area contributed by atoms with Crippen LogP contribution in [0, 0.1) is 5.92 Å². The largest absolute Gasteiger partial charge is 0.379 e. The third-order valence-corrected chi connectivity index (χ3v) is 12.0. The Kier molecular flexibility index (Phi) is 68.8. The van der Waals surface area contributed by atoms with Crippen LogP contribution in [-0.4, -0.2) is 352 Å². The number of carbonyl (C=O) groups is 4. The number of Topliss-reactive ketones (excluding diaryl/α,β-unsaturated/α-hetero) is 2. The number of rotatable bonds is 79. The molecule has 0 aromatic rings. The second kappa shape index (κ2) is 72.4.